The summed E-state index contributed by atoms with van der Waals surface area (Å²) in [4.78, 5) is 26.8. The third-order valence-electron chi connectivity index (χ3n) is 6.69. The van der Waals surface area contributed by atoms with E-state index in [1.54, 1.807) is 29.0 Å². The maximum absolute atomic E-state index is 13.4. The highest BCUT2D eigenvalue weighted by molar-refractivity contribution is 5.73. The van der Waals surface area contributed by atoms with Gasteiger partial charge in [0.05, 0.1) is 33.9 Å². The van der Waals surface area contributed by atoms with Crippen LogP contribution in [0.15, 0.2) is 149 Å². The molecule has 2 heterocycles. The molecule has 0 bridgehead atoms. The Morgan fingerprint density at radius 1 is 0.537 bits per heavy atom. The van der Waals surface area contributed by atoms with Crippen LogP contribution in [0.2, 0.25) is 0 Å². The summed E-state index contributed by atoms with van der Waals surface area (Å²) >= 11 is 0. The van der Waals surface area contributed by atoms with Crippen molar-refractivity contribution in [3.63, 3.8) is 0 Å². The molecule has 0 saturated carbocycles. The molecule has 0 aliphatic carbocycles. The van der Waals surface area contributed by atoms with Crippen molar-refractivity contribution in [2.45, 2.75) is 0 Å². The molecule has 6 heteroatoms. The zero-order valence-electron chi connectivity index (χ0n) is 22.1. The Bertz CT molecular complexity index is 1990. The number of hydrogen-bond acceptors (Lipinski definition) is 2. The number of nitrogens with one attached hydrogen (secondary N) is 2. The summed E-state index contributed by atoms with van der Waals surface area (Å²) in [7, 11) is 0. The van der Waals surface area contributed by atoms with Crippen molar-refractivity contribution in [3.05, 3.63) is 171 Å². The molecular weight excluding hydrogens is 508 g/mol. The Morgan fingerprint density at radius 3 is 1.44 bits per heavy atom. The van der Waals surface area contributed by atoms with Crippen molar-refractivity contribution in [1.82, 2.24) is 19.6 Å². The summed E-state index contributed by atoms with van der Waals surface area (Å²) in [5.74, 6) is 0. The molecule has 0 fully saturated rings. The molecule has 2 N–H and O–H groups in total. The van der Waals surface area contributed by atoms with Gasteiger partial charge in [-0.05, 0) is 42.5 Å². The largest absolute Gasteiger partial charge is 0.290 e. The summed E-state index contributed by atoms with van der Waals surface area (Å²) < 4.78 is 3.07. The van der Waals surface area contributed by atoms with Crippen LogP contribution in [0.3, 0.4) is 0 Å². The summed E-state index contributed by atoms with van der Waals surface area (Å²) in [6, 6.07) is 38.4. The predicted octanol–water partition coefficient (Wildman–Crippen LogP) is 6.86. The topological polar surface area (TPSA) is 75.6 Å². The van der Waals surface area contributed by atoms with Gasteiger partial charge in [-0.1, -0.05) is 103 Å². The third kappa shape index (κ3) is 5.23. The van der Waals surface area contributed by atoms with E-state index < -0.39 is 0 Å². The molecule has 0 atom stereocenters. The number of aromatic amines is 2. The van der Waals surface area contributed by atoms with Crippen LogP contribution in [0.1, 0.15) is 11.1 Å². The van der Waals surface area contributed by atoms with Gasteiger partial charge in [0.2, 0.25) is 0 Å². The summed E-state index contributed by atoms with van der Waals surface area (Å²) in [6.07, 6.45) is 6.89. The van der Waals surface area contributed by atoms with E-state index in [4.69, 9.17) is 0 Å². The Kier molecular flexibility index (Phi) is 7.13. The Labute approximate surface area is 236 Å². The molecule has 0 aliphatic rings. The monoisotopic (exact) mass is 534 g/mol. The van der Waals surface area contributed by atoms with Crippen molar-refractivity contribution in [2.24, 2.45) is 0 Å². The number of benzene rings is 4. The summed E-state index contributed by atoms with van der Waals surface area (Å²) in [6.45, 7) is 0. The van der Waals surface area contributed by atoms with Crippen molar-refractivity contribution in [3.8, 4) is 33.9 Å². The maximum Gasteiger partial charge on any atom is 0.279 e. The number of hydrogen-bond donors (Lipinski definition) is 2. The van der Waals surface area contributed by atoms with Crippen molar-refractivity contribution in [2.75, 3.05) is 0 Å². The lowest BCUT2D eigenvalue weighted by Gasteiger charge is -2.01. The lowest BCUT2D eigenvalue weighted by molar-refractivity contribution is 0.852. The SMILES string of the molecule is O=c1c(C=C=CC=Cc2c(-c3ccccc3)[nH]n(-c3ccccc3)c2=O)c(-c2ccccc2)[nH]n1-c1ccccc1. The van der Waals surface area contributed by atoms with E-state index >= 15 is 0 Å². The van der Waals surface area contributed by atoms with Gasteiger partial charge < -0.3 is 0 Å². The van der Waals surface area contributed by atoms with E-state index in [0.717, 1.165) is 28.2 Å². The van der Waals surface area contributed by atoms with Crippen LogP contribution in [0.4, 0.5) is 0 Å². The first-order valence-electron chi connectivity index (χ1n) is 13.2. The highest BCUT2D eigenvalue weighted by Gasteiger charge is 2.15. The standard InChI is InChI=1S/C35H26N4O2/c40-34-30(32(26-16-6-1-7-17-26)36-38(34)28-20-10-3-11-21-28)24-14-5-15-25-31-33(27-18-8-2-9-19-27)37-39(35(31)41)29-22-12-4-13-23-29/h1-14,16-25,36-37H. The predicted molar refractivity (Wildman–Crippen MR) is 165 cm³/mol. The van der Waals surface area contributed by atoms with E-state index in [9.17, 15) is 9.59 Å². The second kappa shape index (κ2) is 11.5. The van der Waals surface area contributed by atoms with E-state index in [1.165, 1.54) is 4.68 Å². The zero-order valence-corrected chi connectivity index (χ0v) is 22.1. The smallest absolute Gasteiger partial charge is 0.279 e. The number of nitrogens with zero attached hydrogens (tertiary/aromatic N) is 2. The van der Waals surface area contributed by atoms with Crippen LogP contribution < -0.4 is 11.1 Å². The summed E-state index contributed by atoms with van der Waals surface area (Å²) in [5, 5.41) is 6.52. The molecule has 0 amide bonds. The molecule has 198 valence electrons. The fourth-order valence-corrected chi connectivity index (χ4v) is 4.69. The molecule has 0 saturated heterocycles. The number of H-pyrrole nitrogens is 2. The molecule has 0 unspecified atom stereocenters. The van der Waals surface area contributed by atoms with E-state index in [2.05, 4.69) is 15.9 Å². The van der Waals surface area contributed by atoms with Crippen LogP contribution in [-0.2, 0) is 0 Å². The maximum atomic E-state index is 13.4. The first-order chi connectivity index (χ1) is 20.2. The molecule has 0 radical (unpaired) electrons. The Hall–Kier alpha value is -5.84. The Morgan fingerprint density at radius 2 is 0.951 bits per heavy atom. The highest BCUT2D eigenvalue weighted by atomic mass is 16.1. The van der Waals surface area contributed by atoms with E-state index in [-0.39, 0.29) is 11.1 Å². The number of allylic oxidation sites excluding steroid dienone is 2. The van der Waals surface area contributed by atoms with Gasteiger partial charge in [-0.25, -0.2) is 9.36 Å². The fraction of sp³-hybridized carbons (Fsp3) is 0. The van der Waals surface area contributed by atoms with Gasteiger partial charge in [0.1, 0.15) is 0 Å². The minimum absolute atomic E-state index is 0.161. The minimum atomic E-state index is -0.178. The van der Waals surface area contributed by atoms with Crippen LogP contribution in [0.5, 0.6) is 0 Å². The van der Waals surface area contributed by atoms with Crippen LogP contribution >= 0.6 is 0 Å². The molecule has 6 nitrogen and oxygen atoms in total. The number of para-hydroxylation sites is 2. The minimum Gasteiger partial charge on any atom is -0.290 e. The first kappa shape index (κ1) is 25.4. The van der Waals surface area contributed by atoms with Crippen LogP contribution in [-0.4, -0.2) is 19.6 Å². The third-order valence-corrected chi connectivity index (χ3v) is 6.69. The number of aromatic nitrogens is 4. The van der Waals surface area contributed by atoms with Gasteiger partial charge >= 0.3 is 0 Å². The highest BCUT2D eigenvalue weighted by Crippen LogP contribution is 2.23. The molecule has 2 aromatic heterocycles. The summed E-state index contributed by atoms with van der Waals surface area (Å²) in [5.41, 5.74) is 8.50. The van der Waals surface area contributed by atoms with Gasteiger partial charge in [0.15, 0.2) is 0 Å². The first-order valence-corrected chi connectivity index (χ1v) is 13.2. The average molecular weight is 535 g/mol. The molecule has 4 aromatic carbocycles. The Balaban J connectivity index is 1.39. The molecule has 6 rings (SSSR count). The zero-order chi connectivity index (χ0) is 28.0. The van der Waals surface area contributed by atoms with Crippen LogP contribution in [0, 0.1) is 0 Å². The van der Waals surface area contributed by atoms with E-state index in [0.29, 0.717) is 16.8 Å². The van der Waals surface area contributed by atoms with Crippen molar-refractivity contribution >= 4 is 12.2 Å². The average Bonchev–Trinajstić information content (AvgIpc) is 3.55. The quantitative estimate of drug-likeness (QED) is 0.173. The molecule has 0 spiro atoms. The van der Waals surface area contributed by atoms with Crippen molar-refractivity contribution in [1.29, 1.82) is 0 Å². The molecule has 41 heavy (non-hydrogen) atoms. The second-order valence-electron chi connectivity index (χ2n) is 9.32. The number of rotatable bonds is 7. The molecule has 6 aromatic rings. The van der Waals surface area contributed by atoms with Crippen LogP contribution in [0.25, 0.3) is 46.0 Å². The normalized spacial score (nSPS) is 10.9. The van der Waals surface area contributed by atoms with Gasteiger partial charge in [-0.15, -0.1) is 5.73 Å². The van der Waals surface area contributed by atoms with Crippen molar-refractivity contribution < 1.29 is 0 Å². The van der Waals surface area contributed by atoms with Gasteiger partial charge in [-0.3, -0.25) is 19.8 Å². The lowest BCUT2D eigenvalue weighted by Crippen LogP contribution is -2.15. The second-order valence-corrected chi connectivity index (χ2v) is 9.32. The fourth-order valence-electron chi connectivity index (χ4n) is 4.69. The van der Waals surface area contributed by atoms with Gasteiger partial charge in [0, 0.05) is 11.1 Å². The van der Waals surface area contributed by atoms with Gasteiger partial charge in [0.25, 0.3) is 11.1 Å². The molecular formula is C35H26N4O2. The molecule has 0 aliphatic heterocycles. The lowest BCUT2D eigenvalue weighted by atomic mass is 10.1. The van der Waals surface area contributed by atoms with Gasteiger partial charge in [-0.2, -0.15) is 0 Å². The van der Waals surface area contributed by atoms with E-state index in [1.807, 2.05) is 121 Å².